The molecule has 0 radical (unpaired) electrons. The Bertz CT molecular complexity index is 1230. The summed E-state index contributed by atoms with van der Waals surface area (Å²) in [6, 6.07) is 23.7. The summed E-state index contributed by atoms with van der Waals surface area (Å²) >= 11 is 13.4. The third-order valence-corrected chi connectivity index (χ3v) is 8.09. The molecule has 2 heterocycles. The number of fused-ring (bicyclic) bond motifs is 2. The number of ether oxygens (including phenoxy) is 1. The minimum Gasteiger partial charge on any atom is -0.406 e. The Morgan fingerprint density at radius 2 is 1.36 bits per heavy atom. The monoisotopic (exact) mass is 530 g/mol. The summed E-state index contributed by atoms with van der Waals surface area (Å²) in [4.78, 5) is 2.44. The van der Waals surface area contributed by atoms with Crippen LogP contribution in [0.4, 0.5) is 13.2 Å². The van der Waals surface area contributed by atoms with E-state index < -0.39 is 11.8 Å². The number of alkyl halides is 3. The van der Waals surface area contributed by atoms with E-state index in [1.165, 1.54) is 12.1 Å². The molecule has 0 saturated carbocycles. The minimum absolute atomic E-state index is 0.0760. The van der Waals surface area contributed by atoms with Crippen molar-refractivity contribution in [3.8, 4) is 11.8 Å². The van der Waals surface area contributed by atoms with Gasteiger partial charge in [-0.1, -0.05) is 71.7 Å². The second kappa shape index (κ2) is 9.63. The van der Waals surface area contributed by atoms with E-state index >= 15 is 0 Å². The molecular weight excluding hydrogens is 508 g/mol. The number of nitrogens with zero attached hydrogens (tertiary/aromatic N) is 2. The minimum atomic E-state index is -4.76. The molecule has 36 heavy (non-hydrogen) atoms. The molecule has 0 spiro atoms. The van der Waals surface area contributed by atoms with Crippen LogP contribution in [0.5, 0.6) is 5.75 Å². The fourth-order valence-corrected chi connectivity index (χ4v) is 6.43. The van der Waals surface area contributed by atoms with Gasteiger partial charge < -0.3 is 4.74 Å². The van der Waals surface area contributed by atoms with E-state index in [9.17, 15) is 18.4 Å². The number of halogens is 5. The van der Waals surface area contributed by atoms with Crippen LogP contribution in [0.2, 0.25) is 10.0 Å². The van der Waals surface area contributed by atoms with Crippen LogP contribution in [0.1, 0.15) is 48.4 Å². The van der Waals surface area contributed by atoms with Gasteiger partial charge in [-0.25, -0.2) is 0 Å². The molecule has 0 amide bonds. The van der Waals surface area contributed by atoms with Crippen LogP contribution in [0, 0.1) is 11.3 Å². The first kappa shape index (κ1) is 25.0. The van der Waals surface area contributed by atoms with Crippen LogP contribution >= 0.6 is 23.2 Å². The Kier molecular flexibility index (Phi) is 6.67. The van der Waals surface area contributed by atoms with Crippen molar-refractivity contribution in [2.75, 3.05) is 0 Å². The fraction of sp³-hybridized carbons (Fsp3) is 0.321. The van der Waals surface area contributed by atoms with Crippen LogP contribution in [-0.4, -0.2) is 23.3 Å². The maximum atomic E-state index is 12.6. The summed E-state index contributed by atoms with van der Waals surface area (Å²) in [5.74, 6) is -0.294. The largest absolute Gasteiger partial charge is 0.573 e. The van der Waals surface area contributed by atoms with E-state index in [0.717, 1.165) is 24.0 Å². The number of benzene rings is 3. The standard InChI is InChI=1S/C28H23Cl2F3N2O/c29-24-7-3-1-5-22(24)26(23-6-2-4-8-25(23)30)35-19-11-12-20(35)16-27(15-19,17-34)18-9-13-21(14-10-18)36-28(31,32)33/h1-10,13-14,19-20,26H,11-12,15-16H2. The number of hydrogen-bond donors (Lipinski definition) is 0. The average molecular weight is 531 g/mol. The van der Waals surface area contributed by atoms with Crippen molar-refractivity contribution in [1.29, 1.82) is 5.26 Å². The molecule has 8 heteroatoms. The van der Waals surface area contributed by atoms with Crippen molar-refractivity contribution < 1.29 is 17.9 Å². The molecule has 3 aromatic rings. The Morgan fingerprint density at radius 3 is 1.81 bits per heavy atom. The van der Waals surface area contributed by atoms with Gasteiger partial charge in [0.05, 0.1) is 17.5 Å². The van der Waals surface area contributed by atoms with Gasteiger partial charge in [0.2, 0.25) is 0 Å². The van der Waals surface area contributed by atoms with Crippen molar-refractivity contribution in [1.82, 2.24) is 4.90 Å². The van der Waals surface area contributed by atoms with E-state index in [1.807, 2.05) is 48.5 Å². The summed E-state index contributed by atoms with van der Waals surface area (Å²) in [7, 11) is 0. The zero-order valence-electron chi connectivity index (χ0n) is 19.2. The quantitative estimate of drug-likeness (QED) is 0.334. The first-order valence-electron chi connectivity index (χ1n) is 11.7. The molecule has 2 aliphatic rings. The third kappa shape index (κ3) is 4.68. The molecule has 2 fully saturated rings. The summed E-state index contributed by atoms with van der Waals surface area (Å²) in [6.45, 7) is 0. The SMILES string of the molecule is N#CC1(c2ccc(OC(F)(F)F)cc2)CC2CCC(C1)N2C(c1ccccc1Cl)c1ccccc1Cl. The summed E-state index contributed by atoms with van der Waals surface area (Å²) in [5.41, 5.74) is 1.83. The van der Waals surface area contributed by atoms with E-state index in [4.69, 9.17) is 23.2 Å². The van der Waals surface area contributed by atoms with Gasteiger partial charge in [0.25, 0.3) is 0 Å². The topological polar surface area (TPSA) is 36.3 Å². The van der Waals surface area contributed by atoms with Gasteiger partial charge in [-0.3, -0.25) is 4.90 Å². The van der Waals surface area contributed by atoms with Crippen LogP contribution in [0.3, 0.4) is 0 Å². The predicted molar refractivity (Wildman–Crippen MR) is 133 cm³/mol. The molecular formula is C28H23Cl2F3N2O. The summed E-state index contributed by atoms with van der Waals surface area (Å²) < 4.78 is 41.8. The predicted octanol–water partition coefficient (Wildman–Crippen LogP) is 8.07. The van der Waals surface area contributed by atoms with Crippen LogP contribution in [0.15, 0.2) is 72.8 Å². The van der Waals surface area contributed by atoms with Gasteiger partial charge in [-0.15, -0.1) is 13.2 Å². The highest BCUT2D eigenvalue weighted by Crippen LogP contribution is 2.52. The van der Waals surface area contributed by atoms with Gasteiger partial charge in [-0.2, -0.15) is 5.26 Å². The molecule has 0 aliphatic carbocycles. The number of piperidine rings is 1. The van der Waals surface area contributed by atoms with Crippen molar-refractivity contribution in [3.05, 3.63) is 99.5 Å². The van der Waals surface area contributed by atoms with Gasteiger partial charge in [0, 0.05) is 22.1 Å². The second-order valence-electron chi connectivity index (χ2n) is 9.45. The number of hydrogen-bond acceptors (Lipinski definition) is 3. The molecule has 5 rings (SSSR count). The van der Waals surface area contributed by atoms with Crippen LogP contribution < -0.4 is 4.74 Å². The van der Waals surface area contributed by atoms with Crippen LogP contribution in [-0.2, 0) is 5.41 Å². The van der Waals surface area contributed by atoms with Crippen molar-refractivity contribution in [2.45, 2.75) is 55.6 Å². The van der Waals surface area contributed by atoms with E-state index in [1.54, 1.807) is 12.1 Å². The molecule has 2 aliphatic heterocycles. The maximum absolute atomic E-state index is 12.6. The second-order valence-corrected chi connectivity index (χ2v) is 10.3. The average Bonchev–Trinajstić information content (AvgIpc) is 3.10. The summed E-state index contributed by atoms with van der Waals surface area (Å²) in [6.07, 6.45) is -1.81. The van der Waals surface area contributed by atoms with E-state index in [2.05, 4.69) is 15.7 Å². The normalized spacial score (nSPS) is 24.0. The molecule has 0 aromatic heterocycles. The van der Waals surface area contributed by atoms with Crippen LogP contribution in [0.25, 0.3) is 0 Å². The van der Waals surface area contributed by atoms with Crippen molar-refractivity contribution in [2.24, 2.45) is 0 Å². The zero-order chi connectivity index (χ0) is 25.5. The molecule has 2 unspecified atom stereocenters. The van der Waals surface area contributed by atoms with Gasteiger partial charge >= 0.3 is 6.36 Å². The molecule has 3 aromatic carbocycles. The molecule has 2 bridgehead atoms. The fourth-order valence-electron chi connectivity index (χ4n) is 5.96. The number of nitriles is 1. The first-order valence-corrected chi connectivity index (χ1v) is 12.5. The lowest BCUT2D eigenvalue weighted by Gasteiger charge is -2.47. The van der Waals surface area contributed by atoms with Gasteiger partial charge in [0.1, 0.15) is 5.75 Å². The molecule has 0 N–H and O–H groups in total. The molecule has 2 atom stereocenters. The smallest absolute Gasteiger partial charge is 0.406 e. The lowest BCUT2D eigenvalue weighted by molar-refractivity contribution is -0.274. The Balaban J connectivity index is 1.50. The van der Waals surface area contributed by atoms with E-state index in [-0.39, 0.29) is 23.9 Å². The van der Waals surface area contributed by atoms with Gasteiger partial charge in [0.15, 0.2) is 0 Å². The Labute approximate surface area is 218 Å². The molecule has 3 nitrogen and oxygen atoms in total. The zero-order valence-corrected chi connectivity index (χ0v) is 20.7. The Morgan fingerprint density at radius 1 is 0.861 bits per heavy atom. The van der Waals surface area contributed by atoms with Crippen molar-refractivity contribution in [3.63, 3.8) is 0 Å². The lowest BCUT2D eigenvalue weighted by atomic mass is 9.70. The van der Waals surface area contributed by atoms with E-state index in [0.29, 0.717) is 28.5 Å². The Hall–Kier alpha value is -2.72. The van der Waals surface area contributed by atoms with Gasteiger partial charge in [-0.05, 0) is 66.6 Å². The highest BCUT2D eigenvalue weighted by atomic mass is 35.5. The number of rotatable bonds is 5. The summed E-state index contributed by atoms with van der Waals surface area (Å²) in [5, 5.41) is 11.6. The third-order valence-electron chi connectivity index (χ3n) is 7.40. The maximum Gasteiger partial charge on any atom is 0.573 e. The molecule has 186 valence electrons. The highest BCUT2D eigenvalue weighted by molar-refractivity contribution is 6.32. The lowest BCUT2D eigenvalue weighted by Crippen LogP contribution is -2.50. The first-order chi connectivity index (χ1) is 17.2. The highest BCUT2D eigenvalue weighted by Gasteiger charge is 2.52. The van der Waals surface area contributed by atoms with Crippen molar-refractivity contribution >= 4 is 23.2 Å². The molecule has 2 saturated heterocycles.